The lowest BCUT2D eigenvalue weighted by Crippen LogP contribution is -2.13. The van der Waals surface area contributed by atoms with Crippen LogP contribution >= 0.6 is 11.6 Å². The SMILES string of the molecule is CC(=O)Nc1cc(Cl)cc(C(=O)CCC2=C(C)C=C(C)CC2=O)c1C. The van der Waals surface area contributed by atoms with Crippen LogP contribution in [0.15, 0.2) is 34.9 Å². The third-order valence-electron chi connectivity index (χ3n) is 4.30. The lowest BCUT2D eigenvalue weighted by molar-refractivity contribution is -0.115. The Morgan fingerprint density at radius 3 is 2.48 bits per heavy atom. The molecular formula is C20H22ClNO3. The normalized spacial score (nSPS) is 14.4. The fraction of sp³-hybridized carbons (Fsp3) is 0.350. The van der Waals surface area contributed by atoms with Crippen LogP contribution in [0.4, 0.5) is 5.69 Å². The van der Waals surface area contributed by atoms with E-state index in [-0.39, 0.29) is 23.9 Å². The van der Waals surface area contributed by atoms with Gasteiger partial charge in [-0.25, -0.2) is 0 Å². The minimum atomic E-state index is -0.223. The number of ketones is 2. The molecule has 5 heteroatoms. The van der Waals surface area contributed by atoms with Crippen molar-refractivity contribution in [3.05, 3.63) is 51.1 Å². The summed E-state index contributed by atoms with van der Waals surface area (Å²) in [4.78, 5) is 36.1. The third kappa shape index (κ3) is 4.67. The molecule has 0 atom stereocenters. The van der Waals surface area contributed by atoms with E-state index in [0.29, 0.717) is 34.7 Å². The Morgan fingerprint density at radius 1 is 1.20 bits per heavy atom. The van der Waals surface area contributed by atoms with Crippen LogP contribution in [0.25, 0.3) is 0 Å². The molecule has 0 saturated heterocycles. The number of allylic oxidation sites excluding steroid dienone is 4. The maximum Gasteiger partial charge on any atom is 0.221 e. The first kappa shape index (κ1) is 19.1. The van der Waals surface area contributed by atoms with Crippen molar-refractivity contribution in [1.82, 2.24) is 0 Å². The van der Waals surface area contributed by atoms with Gasteiger partial charge in [-0.2, -0.15) is 0 Å². The van der Waals surface area contributed by atoms with Gasteiger partial charge in [0.25, 0.3) is 0 Å². The van der Waals surface area contributed by atoms with Crippen molar-refractivity contribution in [2.45, 2.75) is 47.0 Å². The molecule has 1 aromatic carbocycles. The Balaban J connectivity index is 2.22. The van der Waals surface area contributed by atoms with Gasteiger partial charge in [0, 0.05) is 36.0 Å². The molecule has 0 unspecified atom stereocenters. The molecule has 4 nitrogen and oxygen atoms in total. The van der Waals surface area contributed by atoms with Gasteiger partial charge in [0.05, 0.1) is 0 Å². The average molecular weight is 360 g/mol. The molecule has 0 heterocycles. The van der Waals surface area contributed by atoms with Crippen LogP contribution in [0.5, 0.6) is 0 Å². The number of carbonyl (C=O) groups excluding carboxylic acids is 3. The topological polar surface area (TPSA) is 63.2 Å². The highest BCUT2D eigenvalue weighted by atomic mass is 35.5. The van der Waals surface area contributed by atoms with Crippen molar-refractivity contribution in [3.8, 4) is 0 Å². The third-order valence-corrected chi connectivity index (χ3v) is 4.52. The predicted octanol–water partition coefficient (Wildman–Crippen LogP) is 4.81. The monoisotopic (exact) mass is 359 g/mol. The summed E-state index contributed by atoms with van der Waals surface area (Å²) in [6.45, 7) is 7.01. The molecular weight excluding hydrogens is 338 g/mol. The number of hydrogen-bond donors (Lipinski definition) is 1. The van der Waals surface area contributed by atoms with E-state index in [1.807, 2.05) is 19.9 Å². The molecule has 0 bridgehead atoms. The standard InChI is InChI=1S/C20H22ClNO3/c1-11-7-12(2)16(20(25)8-11)5-6-19(24)17-9-15(21)10-18(13(17)3)22-14(4)23/h7,9-10H,5-6,8H2,1-4H3,(H,22,23). The summed E-state index contributed by atoms with van der Waals surface area (Å²) >= 11 is 6.09. The molecule has 0 fully saturated rings. The minimum Gasteiger partial charge on any atom is -0.326 e. The molecule has 25 heavy (non-hydrogen) atoms. The second-order valence-electron chi connectivity index (χ2n) is 6.48. The summed E-state index contributed by atoms with van der Waals surface area (Å²) in [5.41, 5.74) is 4.39. The summed E-state index contributed by atoms with van der Waals surface area (Å²) < 4.78 is 0. The fourth-order valence-corrected chi connectivity index (χ4v) is 3.30. The molecule has 1 aliphatic carbocycles. The smallest absolute Gasteiger partial charge is 0.221 e. The summed E-state index contributed by atoms with van der Waals surface area (Å²) in [5, 5.41) is 3.08. The van der Waals surface area contributed by atoms with Crippen LogP contribution in [-0.2, 0) is 9.59 Å². The van der Waals surface area contributed by atoms with Gasteiger partial charge in [-0.3, -0.25) is 14.4 Å². The Labute approximate surface area is 152 Å². The Morgan fingerprint density at radius 2 is 1.88 bits per heavy atom. The quantitative estimate of drug-likeness (QED) is 0.767. The van der Waals surface area contributed by atoms with E-state index in [0.717, 1.165) is 16.7 Å². The minimum absolute atomic E-state index is 0.0899. The van der Waals surface area contributed by atoms with Gasteiger partial charge >= 0.3 is 0 Å². The van der Waals surface area contributed by atoms with Gasteiger partial charge < -0.3 is 5.32 Å². The van der Waals surface area contributed by atoms with Gasteiger partial charge in [-0.15, -0.1) is 0 Å². The summed E-state index contributed by atoms with van der Waals surface area (Å²) in [7, 11) is 0. The van der Waals surface area contributed by atoms with Gasteiger partial charge in [0.2, 0.25) is 5.91 Å². The molecule has 0 radical (unpaired) electrons. The van der Waals surface area contributed by atoms with Crippen molar-refractivity contribution in [2.24, 2.45) is 0 Å². The zero-order valence-corrected chi connectivity index (χ0v) is 15.7. The van der Waals surface area contributed by atoms with Gasteiger partial charge in [-0.1, -0.05) is 23.3 Å². The number of benzene rings is 1. The molecule has 1 aliphatic rings. The first-order valence-corrected chi connectivity index (χ1v) is 8.58. The average Bonchev–Trinajstić information content (AvgIpc) is 2.48. The molecule has 1 N–H and O–H groups in total. The molecule has 132 valence electrons. The summed E-state index contributed by atoms with van der Waals surface area (Å²) in [6.07, 6.45) is 3.06. The highest BCUT2D eigenvalue weighted by Crippen LogP contribution is 2.28. The molecule has 0 aromatic heterocycles. The van der Waals surface area contributed by atoms with Crippen LogP contribution in [0.3, 0.4) is 0 Å². The highest BCUT2D eigenvalue weighted by molar-refractivity contribution is 6.31. The number of Topliss-reactive ketones (excluding diaryl/α,β-unsaturated/α-hetero) is 2. The zero-order chi connectivity index (χ0) is 18.7. The van der Waals surface area contributed by atoms with E-state index in [1.54, 1.807) is 19.1 Å². The molecule has 1 aromatic rings. The van der Waals surface area contributed by atoms with Crippen molar-refractivity contribution in [1.29, 1.82) is 0 Å². The number of amides is 1. The van der Waals surface area contributed by atoms with Crippen LogP contribution in [0.2, 0.25) is 5.02 Å². The molecule has 0 saturated carbocycles. The number of nitrogens with one attached hydrogen (secondary N) is 1. The second kappa shape index (κ2) is 7.79. The van der Waals surface area contributed by atoms with E-state index >= 15 is 0 Å². The molecule has 0 aliphatic heterocycles. The van der Waals surface area contributed by atoms with Gasteiger partial charge in [-0.05, 0) is 56.0 Å². The lowest BCUT2D eigenvalue weighted by Gasteiger charge is -2.16. The van der Waals surface area contributed by atoms with Gasteiger partial charge in [0.15, 0.2) is 11.6 Å². The molecule has 0 spiro atoms. The Hall–Kier alpha value is -2.20. The van der Waals surface area contributed by atoms with E-state index < -0.39 is 0 Å². The second-order valence-corrected chi connectivity index (χ2v) is 6.92. The van der Waals surface area contributed by atoms with E-state index in [4.69, 9.17) is 11.6 Å². The largest absolute Gasteiger partial charge is 0.326 e. The summed E-state index contributed by atoms with van der Waals surface area (Å²) in [5.74, 6) is -0.225. The fourth-order valence-electron chi connectivity index (χ4n) is 3.09. The van der Waals surface area contributed by atoms with Crippen LogP contribution in [0, 0.1) is 6.92 Å². The van der Waals surface area contributed by atoms with E-state index in [9.17, 15) is 14.4 Å². The maximum absolute atomic E-state index is 12.7. The van der Waals surface area contributed by atoms with Crippen LogP contribution in [-0.4, -0.2) is 17.5 Å². The van der Waals surface area contributed by atoms with Crippen LogP contribution in [0.1, 0.15) is 56.0 Å². The molecule has 1 amide bonds. The maximum atomic E-state index is 12.7. The first-order chi connectivity index (χ1) is 11.7. The number of rotatable bonds is 5. The van der Waals surface area contributed by atoms with E-state index in [2.05, 4.69) is 5.32 Å². The predicted molar refractivity (Wildman–Crippen MR) is 100 cm³/mol. The number of anilines is 1. The van der Waals surface area contributed by atoms with Crippen molar-refractivity contribution in [3.63, 3.8) is 0 Å². The molecule has 2 rings (SSSR count). The first-order valence-electron chi connectivity index (χ1n) is 8.20. The highest BCUT2D eigenvalue weighted by Gasteiger charge is 2.20. The van der Waals surface area contributed by atoms with E-state index in [1.165, 1.54) is 6.92 Å². The lowest BCUT2D eigenvalue weighted by atomic mass is 9.88. The number of halogens is 1. The van der Waals surface area contributed by atoms with Crippen molar-refractivity contribution >= 4 is 34.8 Å². The van der Waals surface area contributed by atoms with Crippen molar-refractivity contribution in [2.75, 3.05) is 5.32 Å². The summed E-state index contributed by atoms with van der Waals surface area (Å²) in [6, 6.07) is 3.23. The zero-order valence-electron chi connectivity index (χ0n) is 15.0. The Kier molecular flexibility index (Phi) is 5.96. The Bertz CT molecular complexity index is 818. The van der Waals surface area contributed by atoms with Crippen LogP contribution < -0.4 is 5.32 Å². The number of hydrogen-bond acceptors (Lipinski definition) is 3. The van der Waals surface area contributed by atoms with Crippen molar-refractivity contribution < 1.29 is 14.4 Å². The van der Waals surface area contributed by atoms with Gasteiger partial charge in [0.1, 0.15) is 0 Å². The number of carbonyl (C=O) groups is 3.